The SMILES string of the molecule is CC(C)(C)OC(=O)CC(CCCC1CCCCC1)c1nc(-c2ccc(N)cc2)no1. The van der Waals surface area contributed by atoms with Crippen molar-refractivity contribution in [1.29, 1.82) is 0 Å². The maximum absolute atomic E-state index is 12.5. The van der Waals surface area contributed by atoms with E-state index in [0.29, 0.717) is 17.4 Å². The molecule has 1 heterocycles. The Hall–Kier alpha value is -2.37. The van der Waals surface area contributed by atoms with Crippen LogP contribution in [-0.4, -0.2) is 21.7 Å². The Morgan fingerprint density at radius 2 is 1.90 bits per heavy atom. The largest absolute Gasteiger partial charge is 0.460 e. The Labute approximate surface area is 179 Å². The van der Waals surface area contributed by atoms with Crippen LogP contribution < -0.4 is 5.73 Å². The molecule has 6 nitrogen and oxygen atoms in total. The average Bonchev–Trinajstić information content (AvgIpc) is 3.17. The summed E-state index contributed by atoms with van der Waals surface area (Å²) in [6.07, 6.45) is 10.1. The summed E-state index contributed by atoms with van der Waals surface area (Å²) < 4.78 is 11.1. The lowest BCUT2D eigenvalue weighted by atomic mass is 9.84. The van der Waals surface area contributed by atoms with Gasteiger partial charge in [-0.3, -0.25) is 4.79 Å². The van der Waals surface area contributed by atoms with Gasteiger partial charge in [-0.05, 0) is 57.4 Å². The minimum atomic E-state index is -0.506. The summed E-state index contributed by atoms with van der Waals surface area (Å²) >= 11 is 0. The average molecular weight is 414 g/mol. The van der Waals surface area contributed by atoms with Crippen LogP contribution in [0.4, 0.5) is 5.69 Å². The number of aromatic nitrogens is 2. The van der Waals surface area contributed by atoms with Gasteiger partial charge in [0.25, 0.3) is 0 Å². The van der Waals surface area contributed by atoms with Gasteiger partial charge in [0.15, 0.2) is 0 Å². The Bertz CT molecular complexity index is 802. The van der Waals surface area contributed by atoms with Gasteiger partial charge in [-0.1, -0.05) is 50.1 Å². The van der Waals surface area contributed by atoms with Gasteiger partial charge >= 0.3 is 5.97 Å². The summed E-state index contributed by atoms with van der Waals surface area (Å²) in [7, 11) is 0. The number of carbonyl (C=O) groups is 1. The summed E-state index contributed by atoms with van der Waals surface area (Å²) in [5, 5.41) is 4.14. The number of nitrogens with zero attached hydrogens (tertiary/aromatic N) is 2. The van der Waals surface area contributed by atoms with E-state index in [0.717, 1.165) is 24.3 Å². The van der Waals surface area contributed by atoms with Crippen LogP contribution >= 0.6 is 0 Å². The van der Waals surface area contributed by atoms with Crippen molar-refractivity contribution in [3.8, 4) is 11.4 Å². The van der Waals surface area contributed by atoms with E-state index in [2.05, 4.69) is 10.1 Å². The molecule has 0 bridgehead atoms. The molecular weight excluding hydrogens is 378 g/mol. The van der Waals surface area contributed by atoms with Gasteiger partial charge < -0.3 is 15.0 Å². The standard InChI is InChI=1S/C24H35N3O3/c1-24(2,3)29-21(28)16-19(11-7-10-17-8-5-4-6-9-17)23-26-22(27-30-23)18-12-14-20(25)15-13-18/h12-15,17,19H,4-11,16,25H2,1-3H3. The van der Waals surface area contributed by atoms with E-state index in [9.17, 15) is 4.79 Å². The van der Waals surface area contributed by atoms with E-state index in [4.69, 9.17) is 15.0 Å². The molecule has 1 unspecified atom stereocenters. The zero-order valence-corrected chi connectivity index (χ0v) is 18.5. The number of ether oxygens (including phenoxy) is 1. The monoisotopic (exact) mass is 413 g/mol. The zero-order chi connectivity index (χ0) is 21.6. The van der Waals surface area contributed by atoms with E-state index in [1.54, 1.807) is 0 Å². The van der Waals surface area contributed by atoms with Crippen molar-refractivity contribution in [3.63, 3.8) is 0 Å². The van der Waals surface area contributed by atoms with Gasteiger partial charge in [-0.15, -0.1) is 0 Å². The van der Waals surface area contributed by atoms with Crippen molar-refractivity contribution < 1.29 is 14.1 Å². The minimum Gasteiger partial charge on any atom is -0.460 e. The van der Waals surface area contributed by atoms with Crippen LogP contribution in [0.25, 0.3) is 11.4 Å². The van der Waals surface area contributed by atoms with Gasteiger partial charge in [0.05, 0.1) is 6.42 Å². The van der Waals surface area contributed by atoms with Gasteiger partial charge in [0, 0.05) is 17.2 Å². The lowest BCUT2D eigenvalue weighted by Crippen LogP contribution is -2.25. The fourth-order valence-electron chi connectivity index (χ4n) is 4.18. The first kappa shape index (κ1) is 22.3. The first-order valence-electron chi connectivity index (χ1n) is 11.2. The Morgan fingerprint density at radius 1 is 1.20 bits per heavy atom. The van der Waals surface area contributed by atoms with E-state index in [1.165, 1.54) is 38.5 Å². The molecule has 2 N–H and O–H groups in total. The van der Waals surface area contributed by atoms with Crippen LogP contribution in [0.1, 0.15) is 90.4 Å². The van der Waals surface area contributed by atoms with Crippen molar-refractivity contribution in [3.05, 3.63) is 30.2 Å². The molecule has 2 aromatic rings. The van der Waals surface area contributed by atoms with Gasteiger partial charge in [-0.2, -0.15) is 4.98 Å². The van der Waals surface area contributed by atoms with Crippen LogP contribution in [-0.2, 0) is 9.53 Å². The third kappa shape index (κ3) is 6.85. The van der Waals surface area contributed by atoms with Crippen LogP contribution in [0.3, 0.4) is 0 Å². The summed E-state index contributed by atoms with van der Waals surface area (Å²) in [5.41, 5.74) is 6.79. The second-order valence-electron chi connectivity index (χ2n) is 9.50. The third-order valence-corrected chi connectivity index (χ3v) is 5.68. The van der Waals surface area contributed by atoms with Crippen molar-refractivity contribution in [2.24, 2.45) is 5.92 Å². The fourth-order valence-corrected chi connectivity index (χ4v) is 4.18. The van der Waals surface area contributed by atoms with Crippen LogP contribution in [0.15, 0.2) is 28.8 Å². The number of rotatable bonds is 8. The first-order valence-corrected chi connectivity index (χ1v) is 11.2. The fraction of sp³-hybridized carbons (Fsp3) is 0.625. The zero-order valence-electron chi connectivity index (χ0n) is 18.5. The Kier molecular flexibility index (Phi) is 7.51. The molecule has 1 aliphatic rings. The van der Waals surface area contributed by atoms with Gasteiger partial charge in [0.2, 0.25) is 11.7 Å². The molecule has 1 aliphatic carbocycles. The smallest absolute Gasteiger partial charge is 0.307 e. The number of esters is 1. The number of anilines is 1. The highest BCUT2D eigenvalue weighted by Gasteiger charge is 2.26. The summed E-state index contributed by atoms with van der Waals surface area (Å²) in [5.74, 6) is 1.49. The molecule has 0 radical (unpaired) electrons. The molecule has 1 aromatic carbocycles. The number of nitrogens with two attached hydrogens (primary N) is 1. The number of hydrogen-bond donors (Lipinski definition) is 1. The molecule has 6 heteroatoms. The van der Waals surface area contributed by atoms with Crippen LogP contribution in [0.2, 0.25) is 0 Å². The van der Waals surface area contributed by atoms with E-state index >= 15 is 0 Å². The predicted octanol–water partition coefficient (Wildman–Crippen LogP) is 5.88. The lowest BCUT2D eigenvalue weighted by molar-refractivity contribution is -0.155. The van der Waals surface area contributed by atoms with E-state index < -0.39 is 5.60 Å². The molecule has 1 saturated carbocycles. The van der Waals surface area contributed by atoms with E-state index in [1.807, 2.05) is 45.0 Å². The molecular formula is C24H35N3O3. The third-order valence-electron chi connectivity index (χ3n) is 5.68. The first-order chi connectivity index (χ1) is 14.3. The molecule has 0 aliphatic heterocycles. The normalized spacial score (nSPS) is 16.4. The quantitative estimate of drug-likeness (QED) is 0.429. The van der Waals surface area contributed by atoms with Crippen molar-refractivity contribution in [2.75, 3.05) is 5.73 Å². The molecule has 1 aromatic heterocycles. The second-order valence-corrected chi connectivity index (χ2v) is 9.50. The molecule has 1 fully saturated rings. The second kappa shape index (κ2) is 10.1. The highest BCUT2D eigenvalue weighted by Crippen LogP contribution is 2.32. The molecule has 0 saturated heterocycles. The maximum atomic E-state index is 12.5. The van der Waals surface area contributed by atoms with Crippen molar-refractivity contribution in [1.82, 2.24) is 10.1 Å². The molecule has 0 spiro atoms. The Balaban J connectivity index is 1.67. The predicted molar refractivity (Wildman–Crippen MR) is 118 cm³/mol. The van der Waals surface area contributed by atoms with Gasteiger partial charge in [-0.25, -0.2) is 0 Å². The number of nitrogen functional groups attached to an aromatic ring is 1. The molecule has 30 heavy (non-hydrogen) atoms. The van der Waals surface area contributed by atoms with Crippen molar-refractivity contribution >= 4 is 11.7 Å². The number of hydrogen-bond acceptors (Lipinski definition) is 6. The number of benzene rings is 1. The summed E-state index contributed by atoms with van der Waals surface area (Å²) in [6.45, 7) is 5.65. The van der Waals surface area contributed by atoms with Gasteiger partial charge in [0.1, 0.15) is 5.60 Å². The summed E-state index contributed by atoms with van der Waals surface area (Å²) in [4.78, 5) is 17.1. The molecule has 3 rings (SSSR count). The number of carbonyl (C=O) groups excluding carboxylic acids is 1. The minimum absolute atomic E-state index is 0.126. The molecule has 0 amide bonds. The highest BCUT2D eigenvalue weighted by molar-refractivity contribution is 5.70. The van der Waals surface area contributed by atoms with E-state index in [-0.39, 0.29) is 18.3 Å². The topological polar surface area (TPSA) is 91.2 Å². The van der Waals surface area contributed by atoms with Crippen molar-refractivity contribution in [2.45, 2.75) is 90.1 Å². The lowest BCUT2D eigenvalue weighted by Gasteiger charge is -2.23. The van der Waals surface area contributed by atoms with Crippen LogP contribution in [0, 0.1) is 5.92 Å². The molecule has 1 atom stereocenters. The maximum Gasteiger partial charge on any atom is 0.307 e. The van der Waals surface area contributed by atoms with Crippen LogP contribution in [0.5, 0.6) is 0 Å². The highest BCUT2D eigenvalue weighted by atomic mass is 16.6. The Morgan fingerprint density at radius 3 is 2.57 bits per heavy atom. The molecule has 164 valence electrons. The summed E-state index contributed by atoms with van der Waals surface area (Å²) in [6, 6.07) is 7.37.